The molecule has 0 saturated heterocycles. The van der Waals surface area contributed by atoms with Gasteiger partial charge in [0.15, 0.2) is 0 Å². The maximum absolute atomic E-state index is 8.74. The van der Waals surface area contributed by atoms with E-state index in [0.29, 0.717) is 17.9 Å². The third-order valence-electron chi connectivity index (χ3n) is 0.999. The van der Waals surface area contributed by atoms with Crippen LogP contribution in [0.3, 0.4) is 0 Å². The van der Waals surface area contributed by atoms with Crippen LogP contribution in [0, 0.1) is 6.07 Å². The first kappa shape index (κ1) is 15.4. The van der Waals surface area contributed by atoms with Crippen LogP contribution in [0.15, 0.2) is 24.3 Å². The van der Waals surface area contributed by atoms with Crippen molar-refractivity contribution in [2.75, 3.05) is 6.61 Å². The van der Waals surface area contributed by atoms with Gasteiger partial charge in [0.2, 0.25) is 0 Å². The van der Waals surface area contributed by atoms with E-state index < -0.39 is 0 Å². The standard InChI is InChI=1S/C8H9O.CO.HI.Zn/c1-2-9-8-6-4-3-5-7-8;1-2;;/h4-7H,2H2,1H3;;1H;/q-1;;;. The molecule has 0 fully saturated rings. The predicted molar refractivity (Wildman–Crippen MR) is 57.6 cm³/mol. The van der Waals surface area contributed by atoms with Crippen LogP contribution in [0.2, 0.25) is 0 Å². The van der Waals surface area contributed by atoms with Gasteiger partial charge >= 0.3 is 27.1 Å². The van der Waals surface area contributed by atoms with Gasteiger partial charge in [-0.25, -0.2) is 0 Å². The van der Waals surface area contributed by atoms with Gasteiger partial charge < -0.3 is 4.74 Å². The molecular formula is C9H10IO2Zn-. The molecule has 0 unspecified atom stereocenters. The van der Waals surface area contributed by atoms with E-state index in [1.165, 1.54) is 0 Å². The molecule has 0 aliphatic heterocycles. The fraction of sp³-hybridized carbons (Fsp3) is 0.222. The van der Waals surface area contributed by atoms with Crippen LogP contribution in [0.4, 0.5) is 0 Å². The topological polar surface area (TPSA) is 26.3 Å². The van der Waals surface area contributed by atoms with Crippen LogP contribution >= 0.6 is 24.0 Å². The Morgan fingerprint density at radius 2 is 2.00 bits per heavy atom. The number of rotatable bonds is 2. The van der Waals surface area contributed by atoms with Gasteiger partial charge in [-0.1, -0.05) is 0 Å². The molecule has 68 valence electrons. The molecule has 0 saturated carbocycles. The quantitative estimate of drug-likeness (QED) is 0.467. The monoisotopic (exact) mass is 341 g/mol. The van der Waals surface area contributed by atoms with Crippen LogP contribution < -0.4 is 4.74 Å². The Balaban J connectivity index is 0. The molecule has 0 amide bonds. The number of hydrogen-bond acceptors (Lipinski definition) is 2. The zero-order valence-electron chi connectivity index (χ0n) is 7.45. The average molecular weight is 342 g/mol. The van der Waals surface area contributed by atoms with Crippen LogP contribution in [0.25, 0.3) is 0 Å². The van der Waals surface area contributed by atoms with E-state index in [4.69, 9.17) is 9.53 Å². The minimum absolute atomic E-state index is 0. The van der Waals surface area contributed by atoms with Gasteiger partial charge in [-0.3, -0.25) is 0 Å². The van der Waals surface area contributed by atoms with Crippen molar-refractivity contribution in [3.63, 3.8) is 0 Å². The number of halogens is 1. The average Bonchev–Trinajstić information content (AvgIpc) is 2.08. The minimum atomic E-state index is 0. The molecule has 0 N–H and O–H groups in total. The van der Waals surface area contributed by atoms with E-state index in [9.17, 15) is 0 Å². The van der Waals surface area contributed by atoms with E-state index in [1.54, 1.807) is 4.47 Å². The van der Waals surface area contributed by atoms with Gasteiger partial charge in [0.1, 0.15) is 0 Å². The fourth-order valence-corrected chi connectivity index (χ4v) is 0.634. The summed E-state index contributed by atoms with van der Waals surface area (Å²) in [7, 11) is 0. The van der Waals surface area contributed by atoms with Crippen LogP contribution in [-0.2, 0) is 22.6 Å². The third-order valence-corrected chi connectivity index (χ3v) is 0.999. The Morgan fingerprint density at radius 3 is 2.38 bits per heavy atom. The van der Waals surface area contributed by atoms with Gasteiger partial charge in [0.25, 0.3) is 0 Å². The Morgan fingerprint density at radius 1 is 1.54 bits per heavy atom. The van der Waals surface area contributed by atoms with Gasteiger partial charge in [-0.05, 0) is 6.92 Å². The Bertz CT molecular complexity index is 233. The van der Waals surface area contributed by atoms with Crippen molar-refractivity contribution in [2.24, 2.45) is 0 Å². The summed E-state index contributed by atoms with van der Waals surface area (Å²) in [6, 6.07) is 10.4. The van der Waals surface area contributed by atoms with Crippen molar-refractivity contribution in [2.45, 2.75) is 6.92 Å². The molecule has 0 bridgehead atoms. The van der Waals surface area contributed by atoms with E-state index in [-0.39, 0.29) is 24.0 Å². The van der Waals surface area contributed by atoms with Crippen molar-refractivity contribution in [1.29, 1.82) is 0 Å². The van der Waals surface area contributed by atoms with E-state index >= 15 is 0 Å². The molecule has 0 radical (unpaired) electrons. The molecule has 0 atom stereocenters. The molecular weight excluding hydrogens is 332 g/mol. The van der Waals surface area contributed by atoms with Crippen LogP contribution in [0.5, 0.6) is 5.75 Å². The number of hydrogen-bond donors (Lipinski definition) is 0. The second-order valence-corrected chi connectivity index (χ2v) is 2.42. The summed E-state index contributed by atoms with van der Waals surface area (Å²) in [5, 5.41) is 0. The van der Waals surface area contributed by atoms with Crippen LogP contribution in [0.1, 0.15) is 6.92 Å². The van der Waals surface area contributed by atoms with E-state index in [0.717, 1.165) is 12.4 Å². The van der Waals surface area contributed by atoms with Crippen molar-refractivity contribution in [3.8, 4) is 5.75 Å². The molecule has 0 heterocycles. The Labute approximate surface area is 105 Å². The molecule has 0 aliphatic rings. The zero-order chi connectivity index (χ0) is 9.23. The van der Waals surface area contributed by atoms with Gasteiger partial charge in [-0.2, -0.15) is 18.2 Å². The first-order chi connectivity index (χ1) is 5.85. The molecule has 1 aromatic rings. The first-order valence-electron chi connectivity index (χ1n) is 3.58. The summed E-state index contributed by atoms with van der Waals surface area (Å²) in [6.07, 6.45) is 0. The summed E-state index contributed by atoms with van der Waals surface area (Å²) < 4.78 is 6.81. The zero-order valence-corrected chi connectivity index (χ0v) is 12.7. The molecule has 0 aromatic heterocycles. The number of benzene rings is 1. The maximum atomic E-state index is 8.74. The second-order valence-electron chi connectivity index (χ2n) is 1.81. The van der Waals surface area contributed by atoms with Gasteiger partial charge in [-0.15, -0.1) is 36.1 Å². The number of ether oxygens (including phenoxy) is 1. The Hall–Kier alpha value is -0.0466. The third kappa shape index (κ3) is 9.87. The van der Waals surface area contributed by atoms with Crippen molar-refractivity contribution >= 4 is 28.5 Å². The Kier molecular flexibility index (Phi) is 14.2. The molecule has 1 aromatic carbocycles. The van der Waals surface area contributed by atoms with E-state index in [1.807, 2.05) is 31.2 Å². The normalized spacial score (nSPS) is 7.00. The molecule has 2 nitrogen and oxygen atoms in total. The first-order valence-corrected chi connectivity index (χ1v) is 5.06. The summed E-state index contributed by atoms with van der Waals surface area (Å²) in [5.74, 6) is 0.913. The predicted octanol–water partition coefficient (Wildman–Crippen LogP) is 2.10. The van der Waals surface area contributed by atoms with Crippen molar-refractivity contribution in [1.82, 2.24) is 0 Å². The van der Waals surface area contributed by atoms with Crippen molar-refractivity contribution < 1.29 is 27.4 Å². The summed E-state index contributed by atoms with van der Waals surface area (Å²) in [5.41, 5.74) is 0. The molecule has 1 rings (SSSR count). The summed E-state index contributed by atoms with van der Waals surface area (Å²) in [4.78, 5) is 8.74. The molecule has 13 heavy (non-hydrogen) atoms. The molecule has 4 heteroatoms. The fourth-order valence-electron chi connectivity index (χ4n) is 0.634. The molecule has 0 aliphatic carbocycles. The molecule has 0 spiro atoms. The van der Waals surface area contributed by atoms with Crippen LogP contribution in [-0.4, -0.2) is 11.1 Å². The summed E-state index contributed by atoms with van der Waals surface area (Å²) in [6.45, 7) is 2.70. The SMILES string of the molecule is CCOc1cc[c-]cc1.I.O=[C]=[Zn]. The second kappa shape index (κ2) is 12.0. The van der Waals surface area contributed by atoms with E-state index in [2.05, 4.69) is 6.07 Å². The van der Waals surface area contributed by atoms with Gasteiger partial charge in [0, 0.05) is 5.75 Å². The van der Waals surface area contributed by atoms with Crippen molar-refractivity contribution in [3.05, 3.63) is 30.3 Å². The summed E-state index contributed by atoms with van der Waals surface area (Å²) >= 11 is 0.639. The number of carbonyl (C=O) groups excluding carboxylic acids is 1. The van der Waals surface area contributed by atoms with Gasteiger partial charge in [0.05, 0.1) is 6.61 Å².